The first kappa shape index (κ1) is 13.1. The molecule has 1 atom stereocenters. The number of ether oxygens (including phenoxy) is 1. The van der Waals surface area contributed by atoms with Crippen molar-refractivity contribution in [3.05, 3.63) is 35.9 Å². The van der Waals surface area contributed by atoms with Crippen molar-refractivity contribution in [2.75, 3.05) is 6.61 Å². The van der Waals surface area contributed by atoms with E-state index in [1.165, 1.54) is 0 Å². The molecule has 1 aromatic carbocycles. The fourth-order valence-corrected chi connectivity index (χ4v) is 1.15. The minimum absolute atomic E-state index is 0.00854. The third kappa shape index (κ3) is 5.05. The number of rotatable bonds is 4. The van der Waals surface area contributed by atoms with Crippen LogP contribution in [0.1, 0.15) is 5.56 Å². The van der Waals surface area contributed by atoms with Crippen LogP contribution in [0.15, 0.2) is 30.3 Å². The number of hydrogen-bond acceptors (Lipinski definition) is 2. The van der Waals surface area contributed by atoms with Gasteiger partial charge in [0, 0.05) is 0 Å². The van der Waals surface area contributed by atoms with Crippen LogP contribution in [0.4, 0.5) is 0 Å². The fourth-order valence-electron chi connectivity index (χ4n) is 0.957. The Labute approximate surface area is 104 Å². The normalized spacial score (nSPS) is 13.9. The van der Waals surface area contributed by atoms with E-state index < -0.39 is 9.90 Å². The number of aliphatic hydroxyl groups excluding tert-OH is 1. The van der Waals surface area contributed by atoms with Crippen LogP contribution >= 0.6 is 34.8 Å². The van der Waals surface area contributed by atoms with Gasteiger partial charge in [-0.15, -0.1) is 0 Å². The summed E-state index contributed by atoms with van der Waals surface area (Å²) in [4.78, 5) is 0. The zero-order chi connectivity index (χ0) is 11.3. The van der Waals surface area contributed by atoms with Gasteiger partial charge in [0.2, 0.25) is 3.79 Å². The van der Waals surface area contributed by atoms with Gasteiger partial charge < -0.3 is 9.84 Å². The monoisotopic (exact) mass is 268 g/mol. The SMILES string of the molecule is OC(COCc1ccccc1)C(Cl)(Cl)Cl. The van der Waals surface area contributed by atoms with Gasteiger partial charge in [-0.05, 0) is 5.56 Å². The molecule has 0 saturated carbocycles. The highest BCUT2D eigenvalue weighted by Gasteiger charge is 2.30. The molecule has 5 heteroatoms. The van der Waals surface area contributed by atoms with Crippen molar-refractivity contribution in [1.82, 2.24) is 0 Å². The summed E-state index contributed by atoms with van der Waals surface area (Å²) in [5.41, 5.74) is 1.01. The minimum Gasteiger partial charge on any atom is -0.386 e. The van der Waals surface area contributed by atoms with E-state index in [0.717, 1.165) is 5.56 Å². The topological polar surface area (TPSA) is 29.5 Å². The molecule has 1 rings (SSSR count). The molecule has 0 spiro atoms. The smallest absolute Gasteiger partial charge is 0.218 e. The Morgan fingerprint density at radius 2 is 1.80 bits per heavy atom. The second kappa shape index (κ2) is 5.92. The van der Waals surface area contributed by atoms with Crippen LogP contribution in [0.25, 0.3) is 0 Å². The van der Waals surface area contributed by atoms with E-state index >= 15 is 0 Å². The van der Waals surface area contributed by atoms with Gasteiger partial charge in [-0.2, -0.15) is 0 Å². The van der Waals surface area contributed by atoms with E-state index in [0.29, 0.717) is 6.61 Å². The Balaban J connectivity index is 2.28. The van der Waals surface area contributed by atoms with E-state index in [1.54, 1.807) is 0 Å². The minimum atomic E-state index is -1.70. The molecule has 15 heavy (non-hydrogen) atoms. The maximum atomic E-state index is 9.34. The van der Waals surface area contributed by atoms with Crippen LogP contribution < -0.4 is 0 Å². The molecule has 1 aromatic rings. The summed E-state index contributed by atoms with van der Waals surface area (Å²) in [6.45, 7) is 0.379. The lowest BCUT2D eigenvalue weighted by atomic mass is 10.2. The number of aliphatic hydroxyl groups is 1. The largest absolute Gasteiger partial charge is 0.386 e. The summed E-state index contributed by atoms with van der Waals surface area (Å²) in [5, 5.41) is 9.34. The lowest BCUT2D eigenvalue weighted by molar-refractivity contribution is 0.0305. The average Bonchev–Trinajstić information content (AvgIpc) is 2.18. The second-order valence-corrected chi connectivity index (χ2v) is 5.43. The summed E-state index contributed by atoms with van der Waals surface area (Å²) in [7, 11) is 0. The number of hydrogen-bond donors (Lipinski definition) is 1. The summed E-state index contributed by atoms with van der Waals surface area (Å²) in [6, 6.07) is 9.57. The molecule has 0 aliphatic heterocycles. The summed E-state index contributed by atoms with van der Waals surface area (Å²) < 4.78 is 3.51. The van der Waals surface area contributed by atoms with Crippen molar-refractivity contribution in [3.63, 3.8) is 0 Å². The lowest BCUT2D eigenvalue weighted by Gasteiger charge is -2.18. The van der Waals surface area contributed by atoms with Gasteiger partial charge in [0.25, 0.3) is 0 Å². The molecule has 0 amide bonds. The van der Waals surface area contributed by atoms with Crippen LogP contribution in [0.2, 0.25) is 0 Å². The lowest BCUT2D eigenvalue weighted by Crippen LogP contribution is -2.30. The van der Waals surface area contributed by atoms with Crippen molar-refractivity contribution < 1.29 is 9.84 Å². The van der Waals surface area contributed by atoms with E-state index in [2.05, 4.69) is 0 Å². The number of halogens is 3. The number of benzene rings is 1. The van der Waals surface area contributed by atoms with Crippen LogP contribution in [-0.4, -0.2) is 21.6 Å². The molecular weight excluding hydrogens is 258 g/mol. The van der Waals surface area contributed by atoms with Crippen molar-refractivity contribution in [2.24, 2.45) is 0 Å². The third-order valence-electron chi connectivity index (χ3n) is 1.77. The summed E-state index contributed by atoms with van der Waals surface area (Å²) in [5.74, 6) is 0. The average molecular weight is 270 g/mol. The maximum absolute atomic E-state index is 9.34. The molecule has 84 valence electrons. The highest BCUT2D eigenvalue weighted by Crippen LogP contribution is 2.30. The Kier molecular flexibility index (Phi) is 5.16. The van der Waals surface area contributed by atoms with Crippen molar-refractivity contribution in [3.8, 4) is 0 Å². The van der Waals surface area contributed by atoms with E-state index in [9.17, 15) is 5.11 Å². The highest BCUT2D eigenvalue weighted by molar-refractivity contribution is 6.68. The standard InChI is InChI=1S/C10H11Cl3O2/c11-10(12,13)9(14)7-15-6-8-4-2-1-3-5-8/h1-5,9,14H,6-7H2. The van der Waals surface area contributed by atoms with E-state index in [4.69, 9.17) is 39.5 Å². The Bertz CT molecular complexity index is 284. The van der Waals surface area contributed by atoms with Gasteiger partial charge >= 0.3 is 0 Å². The Hall–Kier alpha value is 0.01000. The first-order valence-corrected chi connectivity index (χ1v) is 5.50. The van der Waals surface area contributed by atoms with E-state index in [1.807, 2.05) is 30.3 Å². The molecule has 0 aliphatic carbocycles. The quantitative estimate of drug-likeness (QED) is 0.852. The maximum Gasteiger partial charge on any atom is 0.218 e. The molecule has 0 radical (unpaired) electrons. The summed E-state index contributed by atoms with van der Waals surface area (Å²) >= 11 is 16.4. The molecule has 1 unspecified atom stereocenters. The molecule has 0 saturated heterocycles. The predicted octanol–water partition coefficient (Wildman–Crippen LogP) is 2.93. The Morgan fingerprint density at radius 3 is 2.33 bits per heavy atom. The molecule has 2 nitrogen and oxygen atoms in total. The van der Waals surface area contributed by atoms with E-state index in [-0.39, 0.29) is 6.61 Å². The van der Waals surface area contributed by atoms with Crippen molar-refractivity contribution in [2.45, 2.75) is 16.5 Å². The zero-order valence-electron chi connectivity index (χ0n) is 7.87. The van der Waals surface area contributed by atoms with Gasteiger partial charge in [-0.25, -0.2) is 0 Å². The zero-order valence-corrected chi connectivity index (χ0v) is 10.1. The molecule has 0 fully saturated rings. The molecule has 0 aliphatic rings. The summed E-state index contributed by atoms with van der Waals surface area (Å²) in [6.07, 6.45) is -1.12. The fraction of sp³-hybridized carbons (Fsp3) is 0.400. The van der Waals surface area contributed by atoms with Gasteiger partial charge in [-0.1, -0.05) is 65.1 Å². The van der Waals surface area contributed by atoms with Crippen LogP contribution in [-0.2, 0) is 11.3 Å². The van der Waals surface area contributed by atoms with Gasteiger partial charge in [-0.3, -0.25) is 0 Å². The number of alkyl halides is 3. The van der Waals surface area contributed by atoms with Crippen molar-refractivity contribution >= 4 is 34.8 Å². The highest BCUT2D eigenvalue weighted by atomic mass is 35.6. The van der Waals surface area contributed by atoms with Gasteiger partial charge in [0.05, 0.1) is 13.2 Å². The second-order valence-electron chi connectivity index (χ2n) is 3.06. The Morgan fingerprint density at radius 1 is 1.20 bits per heavy atom. The first-order valence-electron chi connectivity index (χ1n) is 4.36. The molecule has 0 aromatic heterocycles. The van der Waals surface area contributed by atoms with Gasteiger partial charge in [0.15, 0.2) is 0 Å². The molecule has 0 heterocycles. The first-order chi connectivity index (χ1) is 7.00. The van der Waals surface area contributed by atoms with Crippen LogP contribution in [0.3, 0.4) is 0 Å². The van der Waals surface area contributed by atoms with Crippen LogP contribution in [0, 0.1) is 0 Å². The third-order valence-corrected chi connectivity index (χ3v) is 2.52. The predicted molar refractivity (Wildman–Crippen MR) is 62.4 cm³/mol. The molecule has 1 N–H and O–H groups in total. The molecule has 0 bridgehead atoms. The van der Waals surface area contributed by atoms with Crippen molar-refractivity contribution in [1.29, 1.82) is 0 Å². The molecular formula is C10H11Cl3O2. The van der Waals surface area contributed by atoms with Crippen LogP contribution in [0.5, 0.6) is 0 Å². The van der Waals surface area contributed by atoms with Gasteiger partial charge in [0.1, 0.15) is 6.10 Å².